The van der Waals surface area contributed by atoms with Gasteiger partial charge < -0.3 is 13.9 Å². The van der Waals surface area contributed by atoms with Crippen LogP contribution < -0.4 is 4.90 Å². The SMILES string of the molecule is CC1(C)c2cc(-c3ccc4c5cccc6c7ccccc7n(c4c3)c65)ccc2-c2ccc(N(c3ccc(-c4ccccc4)cc3)c3ccc(-c4ccc5c(c4)c4ccccc4n5-c4ccccc4)cc3)cc21. The number of fused-ring (bicyclic) bond motifs is 12. The third kappa shape index (κ3) is 5.98. The maximum absolute atomic E-state index is 2.48. The van der Waals surface area contributed by atoms with E-state index in [4.69, 9.17) is 0 Å². The molecule has 0 atom stereocenters. The molecule has 0 spiro atoms. The van der Waals surface area contributed by atoms with Crippen molar-refractivity contribution in [3.05, 3.63) is 260 Å². The van der Waals surface area contributed by atoms with Gasteiger partial charge in [0, 0.05) is 60.5 Å². The highest BCUT2D eigenvalue weighted by molar-refractivity contribution is 6.23. The Kier molecular flexibility index (Phi) is 8.71. The van der Waals surface area contributed by atoms with Gasteiger partial charge in [-0.05, 0) is 141 Å². The van der Waals surface area contributed by atoms with Gasteiger partial charge in [0.1, 0.15) is 0 Å². The third-order valence-corrected chi connectivity index (χ3v) is 15.9. The fourth-order valence-electron chi connectivity index (χ4n) is 12.3. The van der Waals surface area contributed by atoms with Crippen molar-refractivity contribution in [3.8, 4) is 50.2 Å². The van der Waals surface area contributed by atoms with E-state index in [1.165, 1.54) is 121 Å². The van der Waals surface area contributed by atoms with E-state index in [0.29, 0.717) is 0 Å². The fourth-order valence-corrected chi connectivity index (χ4v) is 12.3. The van der Waals surface area contributed by atoms with Gasteiger partial charge in [-0.3, -0.25) is 0 Å². The average Bonchev–Trinajstić information content (AvgIpc) is 4.14. The number of rotatable bonds is 7. The number of hydrogen-bond donors (Lipinski definition) is 0. The molecule has 338 valence electrons. The summed E-state index contributed by atoms with van der Waals surface area (Å²) in [5.41, 5.74) is 23.1. The minimum atomic E-state index is -0.235. The van der Waals surface area contributed by atoms with Gasteiger partial charge in [0.2, 0.25) is 0 Å². The number of aromatic nitrogens is 2. The van der Waals surface area contributed by atoms with Crippen LogP contribution in [0, 0.1) is 0 Å². The Morgan fingerprint density at radius 1 is 0.306 bits per heavy atom. The number of para-hydroxylation sites is 4. The maximum atomic E-state index is 2.48. The molecule has 14 aromatic rings. The Morgan fingerprint density at radius 3 is 1.50 bits per heavy atom. The smallest absolute Gasteiger partial charge is 0.0620 e. The van der Waals surface area contributed by atoms with Crippen LogP contribution in [0.3, 0.4) is 0 Å². The first-order valence-electron chi connectivity index (χ1n) is 25.1. The highest BCUT2D eigenvalue weighted by Gasteiger charge is 2.36. The Morgan fingerprint density at radius 2 is 0.778 bits per heavy atom. The molecular formula is C69H47N3. The number of nitrogens with zero attached hydrogens (tertiary/aromatic N) is 3. The van der Waals surface area contributed by atoms with Gasteiger partial charge in [-0.1, -0.05) is 178 Å². The summed E-state index contributed by atoms with van der Waals surface area (Å²) >= 11 is 0. The Bertz CT molecular complexity index is 4440. The molecule has 0 saturated carbocycles. The topological polar surface area (TPSA) is 12.6 Å². The largest absolute Gasteiger partial charge is 0.310 e. The molecule has 0 aliphatic heterocycles. The standard InChI is InChI=1S/C69H47N3/c1-69(2)62-41-48(49-29-37-58-60-21-13-20-59-56-18-9-12-23-65(56)72(68(59)60)67(58)42-49)28-36-54(62)55-38-35-53(43-63(55)69)70(51-31-24-45(25-32-51)44-14-5-3-6-15-44)52-33-26-46(27-34-52)47-30-39-66-61(40-47)57-19-10-11-22-64(57)71(66)50-16-7-4-8-17-50/h3-43H,1-2H3. The van der Waals surface area contributed by atoms with Crippen molar-refractivity contribution in [1.29, 1.82) is 0 Å². The van der Waals surface area contributed by atoms with Crippen LogP contribution in [0.25, 0.3) is 110 Å². The van der Waals surface area contributed by atoms with Crippen LogP contribution in [0.5, 0.6) is 0 Å². The minimum absolute atomic E-state index is 0.235. The summed E-state index contributed by atoms with van der Waals surface area (Å²) in [6, 6.07) is 92.0. The van der Waals surface area contributed by atoms with Crippen molar-refractivity contribution in [2.24, 2.45) is 0 Å². The molecule has 1 aliphatic carbocycles. The zero-order valence-corrected chi connectivity index (χ0v) is 40.0. The molecule has 0 bridgehead atoms. The van der Waals surface area contributed by atoms with E-state index in [9.17, 15) is 0 Å². The lowest BCUT2D eigenvalue weighted by Crippen LogP contribution is -2.16. The number of benzene rings is 11. The van der Waals surface area contributed by atoms with Gasteiger partial charge in [-0.15, -0.1) is 0 Å². The van der Waals surface area contributed by atoms with Crippen molar-refractivity contribution >= 4 is 77.0 Å². The number of hydrogen-bond acceptors (Lipinski definition) is 1. The Balaban J connectivity index is 0.812. The summed E-state index contributed by atoms with van der Waals surface area (Å²) in [6.45, 7) is 4.80. The van der Waals surface area contributed by atoms with E-state index in [1.54, 1.807) is 0 Å². The van der Waals surface area contributed by atoms with Gasteiger partial charge in [0.15, 0.2) is 0 Å². The molecule has 11 aromatic carbocycles. The molecule has 1 aliphatic rings. The second-order valence-electron chi connectivity index (χ2n) is 20.1. The molecule has 15 rings (SSSR count). The van der Waals surface area contributed by atoms with E-state index < -0.39 is 0 Å². The lowest BCUT2D eigenvalue weighted by Gasteiger charge is -2.28. The summed E-state index contributed by atoms with van der Waals surface area (Å²) in [6.07, 6.45) is 0. The summed E-state index contributed by atoms with van der Waals surface area (Å²) < 4.78 is 4.86. The minimum Gasteiger partial charge on any atom is -0.310 e. The molecule has 0 unspecified atom stereocenters. The molecule has 72 heavy (non-hydrogen) atoms. The van der Waals surface area contributed by atoms with Crippen LogP contribution in [0.15, 0.2) is 249 Å². The van der Waals surface area contributed by atoms with E-state index in [2.05, 4.69) is 276 Å². The molecule has 3 aromatic heterocycles. The lowest BCUT2D eigenvalue weighted by atomic mass is 9.81. The first-order valence-corrected chi connectivity index (χ1v) is 25.1. The van der Waals surface area contributed by atoms with E-state index in [-0.39, 0.29) is 5.41 Å². The first-order chi connectivity index (χ1) is 35.5. The lowest BCUT2D eigenvalue weighted by molar-refractivity contribution is 0.660. The monoisotopic (exact) mass is 917 g/mol. The highest BCUT2D eigenvalue weighted by atomic mass is 15.1. The van der Waals surface area contributed by atoms with Gasteiger partial charge in [-0.25, -0.2) is 0 Å². The Labute approximate surface area is 418 Å². The van der Waals surface area contributed by atoms with Crippen molar-refractivity contribution in [1.82, 2.24) is 8.97 Å². The van der Waals surface area contributed by atoms with Crippen LogP contribution in [0.2, 0.25) is 0 Å². The molecule has 0 amide bonds. The summed E-state index contributed by atoms with van der Waals surface area (Å²) in [7, 11) is 0. The van der Waals surface area contributed by atoms with E-state index >= 15 is 0 Å². The van der Waals surface area contributed by atoms with Crippen LogP contribution in [0.1, 0.15) is 25.0 Å². The quantitative estimate of drug-likeness (QED) is 0.155. The second kappa shape index (κ2) is 15.4. The summed E-state index contributed by atoms with van der Waals surface area (Å²) in [4.78, 5) is 2.42. The normalized spacial score (nSPS) is 13.0. The molecule has 3 heterocycles. The Hall–Kier alpha value is -9.18. The second-order valence-corrected chi connectivity index (χ2v) is 20.1. The van der Waals surface area contributed by atoms with Crippen molar-refractivity contribution in [2.45, 2.75) is 19.3 Å². The summed E-state index contributed by atoms with van der Waals surface area (Å²) in [5.74, 6) is 0. The predicted octanol–water partition coefficient (Wildman–Crippen LogP) is 18.7. The van der Waals surface area contributed by atoms with Crippen molar-refractivity contribution < 1.29 is 0 Å². The maximum Gasteiger partial charge on any atom is 0.0620 e. The van der Waals surface area contributed by atoms with Crippen LogP contribution in [-0.2, 0) is 5.41 Å². The van der Waals surface area contributed by atoms with Gasteiger partial charge in [0.25, 0.3) is 0 Å². The zero-order valence-electron chi connectivity index (χ0n) is 40.0. The molecule has 3 nitrogen and oxygen atoms in total. The molecule has 0 radical (unpaired) electrons. The predicted molar refractivity (Wildman–Crippen MR) is 304 cm³/mol. The molecular weight excluding hydrogens is 871 g/mol. The highest BCUT2D eigenvalue weighted by Crippen LogP contribution is 2.52. The van der Waals surface area contributed by atoms with Gasteiger partial charge in [-0.2, -0.15) is 0 Å². The molecule has 0 saturated heterocycles. The van der Waals surface area contributed by atoms with Crippen LogP contribution in [-0.4, -0.2) is 8.97 Å². The van der Waals surface area contributed by atoms with Crippen LogP contribution in [0.4, 0.5) is 17.1 Å². The molecule has 3 heteroatoms. The molecule has 0 N–H and O–H groups in total. The van der Waals surface area contributed by atoms with Crippen molar-refractivity contribution in [3.63, 3.8) is 0 Å². The first kappa shape index (κ1) is 40.7. The van der Waals surface area contributed by atoms with Crippen LogP contribution >= 0.6 is 0 Å². The van der Waals surface area contributed by atoms with E-state index in [1.807, 2.05) is 0 Å². The number of anilines is 3. The molecule has 0 fully saturated rings. The summed E-state index contributed by atoms with van der Waals surface area (Å²) in [5, 5.41) is 7.73. The third-order valence-electron chi connectivity index (χ3n) is 15.9. The van der Waals surface area contributed by atoms with Gasteiger partial charge in [0.05, 0.1) is 27.6 Å². The zero-order chi connectivity index (χ0) is 47.7. The fraction of sp³-hybridized carbons (Fsp3) is 0.0435. The van der Waals surface area contributed by atoms with Gasteiger partial charge >= 0.3 is 0 Å². The van der Waals surface area contributed by atoms with E-state index in [0.717, 1.165) is 17.1 Å². The van der Waals surface area contributed by atoms with Crippen molar-refractivity contribution in [2.75, 3.05) is 4.90 Å². The average molecular weight is 918 g/mol.